The van der Waals surface area contributed by atoms with Crippen molar-refractivity contribution in [2.45, 2.75) is 26.3 Å². The first kappa shape index (κ1) is 14.0. The Labute approximate surface area is 113 Å². The monoisotopic (exact) mass is 267 g/mol. The average Bonchev–Trinajstić information content (AvgIpc) is 2.38. The maximum absolute atomic E-state index is 13.8. The van der Waals surface area contributed by atoms with E-state index >= 15 is 0 Å². The van der Waals surface area contributed by atoms with E-state index in [4.69, 9.17) is 0 Å². The molecule has 6 heteroatoms. The molecule has 1 aliphatic heterocycles. The highest BCUT2D eigenvalue weighted by atomic mass is 19.1. The van der Waals surface area contributed by atoms with E-state index in [1.54, 1.807) is 7.05 Å². The van der Waals surface area contributed by atoms with Gasteiger partial charge in [0.15, 0.2) is 11.6 Å². The highest BCUT2D eigenvalue weighted by molar-refractivity contribution is 5.44. The lowest BCUT2D eigenvalue weighted by Crippen LogP contribution is -2.53. The number of aromatic nitrogens is 2. The first-order chi connectivity index (χ1) is 8.91. The van der Waals surface area contributed by atoms with Crippen LogP contribution in [-0.2, 0) is 0 Å². The highest BCUT2D eigenvalue weighted by Gasteiger charge is 2.27. The fourth-order valence-electron chi connectivity index (χ4n) is 2.29. The van der Waals surface area contributed by atoms with Crippen LogP contribution in [-0.4, -0.2) is 53.6 Å². The highest BCUT2D eigenvalue weighted by Crippen LogP contribution is 2.21. The molecule has 0 aliphatic carbocycles. The summed E-state index contributed by atoms with van der Waals surface area (Å²) in [7, 11) is 1.73. The lowest BCUT2D eigenvalue weighted by Gasteiger charge is -2.42. The van der Waals surface area contributed by atoms with Gasteiger partial charge in [0.25, 0.3) is 0 Å². The zero-order valence-electron chi connectivity index (χ0n) is 12.1. The van der Waals surface area contributed by atoms with E-state index in [2.05, 4.69) is 41.0 Å². The summed E-state index contributed by atoms with van der Waals surface area (Å²) in [5.74, 6) is 0.491. The molecule has 0 radical (unpaired) electrons. The van der Waals surface area contributed by atoms with Crippen LogP contribution < -0.4 is 10.2 Å². The van der Waals surface area contributed by atoms with Crippen molar-refractivity contribution in [3.05, 3.63) is 12.0 Å². The predicted octanol–water partition coefficient (Wildman–Crippen LogP) is 1.58. The summed E-state index contributed by atoms with van der Waals surface area (Å²) >= 11 is 0. The third-order valence-corrected chi connectivity index (χ3v) is 3.48. The summed E-state index contributed by atoms with van der Waals surface area (Å²) in [4.78, 5) is 12.5. The number of rotatable bonds is 2. The average molecular weight is 267 g/mol. The minimum atomic E-state index is -0.358. The maximum Gasteiger partial charge on any atom is 0.224 e. The molecule has 106 valence electrons. The third kappa shape index (κ3) is 3.12. The molecule has 1 aromatic rings. The van der Waals surface area contributed by atoms with Gasteiger partial charge in [-0.1, -0.05) is 0 Å². The first-order valence-corrected chi connectivity index (χ1v) is 6.62. The number of piperazine rings is 1. The van der Waals surface area contributed by atoms with E-state index in [9.17, 15) is 4.39 Å². The van der Waals surface area contributed by atoms with Crippen molar-refractivity contribution in [3.63, 3.8) is 0 Å². The van der Waals surface area contributed by atoms with Gasteiger partial charge >= 0.3 is 0 Å². The van der Waals surface area contributed by atoms with Gasteiger partial charge in [0.1, 0.15) is 0 Å². The van der Waals surface area contributed by atoms with Crippen LogP contribution in [0.2, 0.25) is 0 Å². The number of nitrogens with one attached hydrogen (secondary N) is 1. The van der Waals surface area contributed by atoms with Crippen LogP contribution in [0, 0.1) is 5.82 Å². The molecule has 0 saturated carbocycles. The van der Waals surface area contributed by atoms with Crippen LogP contribution in [0.15, 0.2) is 6.20 Å². The molecule has 2 rings (SSSR count). The van der Waals surface area contributed by atoms with E-state index in [1.165, 1.54) is 6.20 Å². The van der Waals surface area contributed by atoms with Crippen LogP contribution >= 0.6 is 0 Å². The van der Waals surface area contributed by atoms with Crippen molar-refractivity contribution in [2.24, 2.45) is 0 Å². The van der Waals surface area contributed by atoms with Crippen molar-refractivity contribution in [1.82, 2.24) is 14.9 Å². The van der Waals surface area contributed by atoms with Gasteiger partial charge in [-0.2, -0.15) is 4.98 Å². The predicted molar refractivity (Wildman–Crippen MR) is 75.1 cm³/mol. The molecule has 0 aromatic carbocycles. The molecule has 1 fully saturated rings. The topological polar surface area (TPSA) is 44.3 Å². The van der Waals surface area contributed by atoms with Crippen LogP contribution in [0.1, 0.15) is 20.8 Å². The van der Waals surface area contributed by atoms with Gasteiger partial charge in [0.2, 0.25) is 5.95 Å². The van der Waals surface area contributed by atoms with Crippen LogP contribution in [0.5, 0.6) is 0 Å². The summed E-state index contributed by atoms with van der Waals surface area (Å²) < 4.78 is 13.8. The molecule has 1 aromatic heterocycles. The normalized spacial score (nSPS) is 17.6. The Hall–Kier alpha value is -1.43. The number of nitrogens with zero attached hydrogens (tertiary/aromatic N) is 4. The van der Waals surface area contributed by atoms with E-state index in [-0.39, 0.29) is 11.4 Å². The number of hydrogen-bond donors (Lipinski definition) is 1. The Morgan fingerprint density at radius 2 is 1.84 bits per heavy atom. The quantitative estimate of drug-likeness (QED) is 0.881. The number of anilines is 2. The SMILES string of the molecule is CNc1ncc(F)c(N2CCN(C(C)(C)C)CC2)n1. The van der Waals surface area contributed by atoms with Crippen LogP contribution in [0.3, 0.4) is 0 Å². The van der Waals surface area contributed by atoms with E-state index in [0.29, 0.717) is 11.8 Å². The summed E-state index contributed by atoms with van der Waals surface area (Å²) in [5, 5.41) is 2.84. The molecule has 1 aliphatic rings. The van der Waals surface area contributed by atoms with E-state index in [0.717, 1.165) is 26.2 Å². The van der Waals surface area contributed by atoms with Crippen molar-refractivity contribution < 1.29 is 4.39 Å². The van der Waals surface area contributed by atoms with E-state index in [1.807, 2.05) is 4.90 Å². The number of hydrogen-bond acceptors (Lipinski definition) is 5. The molecule has 0 amide bonds. The van der Waals surface area contributed by atoms with Crippen molar-refractivity contribution >= 4 is 11.8 Å². The lowest BCUT2D eigenvalue weighted by atomic mass is 10.1. The summed E-state index contributed by atoms with van der Waals surface area (Å²) in [5.41, 5.74) is 0.159. The Bertz CT molecular complexity index is 435. The third-order valence-electron chi connectivity index (χ3n) is 3.48. The maximum atomic E-state index is 13.8. The van der Waals surface area contributed by atoms with Gasteiger partial charge in [-0.3, -0.25) is 4.90 Å². The Kier molecular flexibility index (Phi) is 3.89. The zero-order chi connectivity index (χ0) is 14.0. The second-order valence-electron chi connectivity index (χ2n) is 5.76. The second kappa shape index (κ2) is 5.28. The standard InChI is InChI=1S/C13H22FN5/c1-13(2,3)19-7-5-18(6-8-19)11-10(14)9-16-12(15-4)17-11/h9H,5-8H2,1-4H3,(H,15,16,17). The zero-order valence-corrected chi connectivity index (χ0v) is 12.1. The van der Waals surface area contributed by atoms with Crippen LogP contribution in [0.25, 0.3) is 0 Å². The minimum Gasteiger partial charge on any atom is -0.357 e. The molecular formula is C13H22FN5. The molecule has 2 heterocycles. The molecular weight excluding hydrogens is 245 g/mol. The molecule has 1 saturated heterocycles. The van der Waals surface area contributed by atoms with Crippen molar-refractivity contribution in [1.29, 1.82) is 0 Å². The lowest BCUT2D eigenvalue weighted by molar-refractivity contribution is 0.128. The molecule has 5 nitrogen and oxygen atoms in total. The van der Waals surface area contributed by atoms with Gasteiger partial charge in [-0.15, -0.1) is 0 Å². The second-order valence-corrected chi connectivity index (χ2v) is 5.76. The summed E-state index contributed by atoms with van der Waals surface area (Å²) in [6.07, 6.45) is 1.23. The first-order valence-electron chi connectivity index (χ1n) is 6.62. The molecule has 0 unspecified atom stereocenters. The Morgan fingerprint density at radius 1 is 1.21 bits per heavy atom. The Balaban J connectivity index is 2.09. The largest absolute Gasteiger partial charge is 0.357 e. The fourth-order valence-corrected chi connectivity index (χ4v) is 2.29. The molecule has 0 atom stereocenters. The van der Waals surface area contributed by atoms with Gasteiger partial charge in [-0.05, 0) is 20.8 Å². The van der Waals surface area contributed by atoms with Crippen molar-refractivity contribution in [2.75, 3.05) is 43.4 Å². The Morgan fingerprint density at radius 3 is 2.37 bits per heavy atom. The minimum absolute atomic E-state index is 0.159. The van der Waals surface area contributed by atoms with E-state index < -0.39 is 0 Å². The summed E-state index contributed by atoms with van der Waals surface area (Å²) in [6, 6.07) is 0. The molecule has 0 spiro atoms. The number of halogens is 1. The molecule has 19 heavy (non-hydrogen) atoms. The van der Waals surface area contributed by atoms with Gasteiger partial charge in [0.05, 0.1) is 6.20 Å². The summed E-state index contributed by atoms with van der Waals surface area (Å²) in [6.45, 7) is 10.0. The van der Waals surface area contributed by atoms with Gasteiger partial charge < -0.3 is 10.2 Å². The van der Waals surface area contributed by atoms with Crippen LogP contribution in [0.4, 0.5) is 16.2 Å². The molecule has 1 N–H and O–H groups in total. The molecule has 0 bridgehead atoms. The van der Waals surface area contributed by atoms with Gasteiger partial charge in [-0.25, -0.2) is 9.37 Å². The van der Waals surface area contributed by atoms with Crippen molar-refractivity contribution in [3.8, 4) is 0 Å². The smallest absolute Gasteiger partial charge is 0.224 e. The van der Waals surface area contributed by atoms with Gasteiger partial charge in [0, 0.05) is 38.8 Å². The fraction of sp³-hybridized carbons (Fsp3) is 0.692.